The summed E-state index contributed by atoms with van der Waals surface area (Å²) in [4.78, 5) is 8.36. The summed E-state index contributed by atoms with van der Waals surface area (Å²) in [5, 5.41) is 13.9. The minimum Gasteiger partial charge on any atom is -0.360 e. The number of aromatic nitrogens is 5. The molecule has 3 aromatic rings. The van der Waals surface area contributed by atoms with Crippen LogP contribution in [-0.2, 0) is 0 Å². The Morgan fingerprint density at radius 2 is 1.91 bits per heavy atom. The SMILES string of the molecule is Cc1ccc(Cl)cc1N1CC[NH+]([C@@H](c2cccnc2)c2nnnn2C2CCCCC2)CC1. The normalized spacial score (nSPS) is 19.2. The number of piperazine rings is 1. The average Bonchev–Trinajstić information content (AvgIpc) is 3.32. The lowest BCUT2D eigenvalue weighted by Crippen LogP contribution is -3.15. The highest BCUT2D eigenvalue weighted by Gasteiger charge is 2.36. The van der Waals surface area contributed by atoms with Crippen LogP contribution in [0.25, 0.3) is 0 Å². The lowest BCUT2D eigenvalue weighted by molar-refractivity contribution is -0.927. The summed E-state index contributed by atoms with van der Waals surface area (Å²) in [7, 11) is 0. The van der Waals surface area contributed by atoms with Gasteiger partial charge in [0, 0.05) is 28.7 Å². The van der Waals surface area contributed by atoms with E-state index >= 15 is 0 Å². The first-order chi connectivity index (χ1) is 15.7. The Morgan fingerprint density at radius 1 is 1.09 bits per heavy atom. The summed E-state index contributed by atoms with van der Waals surface area (Å²) in [5.74, 6) is 0.979. The topological polar surface area (TPSA) is 64.2 Å². The maximum absolute atomic E-state index is 6.29. The van der Waals surface area contributed by atoms with Crippen molar-refractivity contribution >= 4 is 17.3 Å². The zero-order chi connectivity index (χ0) is 21.9. The van der Waals surface area contributed by atoms with Gasteiger partial charge in [-0.3, -0.25) is 4.98 Å². The molecule has 2 fully saturated rings. The van der Waals surface area contributed by atoms with E-state index in [1.807, 2.05) is 24.5 Å². The third-order valence-electron chi connectivity index (χ3n) is 7.04. The number of tetrazole rings is 1. The number of aryl methyl sites for hydroxylation is 1. The molecule has 1 atom stereocenters. The minimum atomic E-state index is 0.0863. The second-order valence-electron chi connectivity index (χ2n) is 9.07. The molecule has 168 valence electrons. The van der Waals surface area contributed by atoms with E-state index in [2.05, 4.69) is 55.2 Å². The molecule has 5 rings (SSSR count). The van der Waals surface area contributed by atoms with Crippen molar-refractivity contribution in [1.29, 1.82) is 0 Å². The molecule has 8 heteroatoms. The number of hydrogen-bond donors (Lipinski definition) is 1. The quantitative estimate of drug-likeness (QED) is 0.644. The Hall–Kier alpha value is -2.51. The zero-order valence-electron chi connectivity index (χ0n) is 18.6. The highest BCUT2D eigenvalue weighted by atomic mass is 35.5. The number of anilines is 1. The summed E-state index contributed by atoms with van der Waals surface area (Å²) in [5.41, 5.74) is 3.69. The smallest absolute Gasteiger partial charge is 0.214 e. The molecule has 1 aliphatic carbocycles. The molecule has 0 spiro atoms. The lowest BCUT2D eigenvalue weighted by Gasteiger charge is -2.38. The summed E-state index contributed by atoms with van der Waals surface area (Å²) >= 11 is 6.29. The fourth-order valence-corrected chi connectivity index (χ4v) is 5.50. The zero-order valence-corrected chi connectivity index (χ0v) is 19.4. The number of quaternary nitrogens is 1. The predicted molar refractivity (Wildman–Crippen MR) is 125 cm³/mol. The van der Waals surface area contributed by atoms with Crippen molar-refractivity contribution in [3.8, 4) is 0 Å². The van der Waals surface area contributed by atoms with Crippen LogP contribution in [-0.4, -0.2) is 51.4 Å². The first-order valence-electron chi connectivity index (χ1n) is 11.7. The van der Waals surface area contributed by atoms with E-state index in [4.69, 9.17) is 11.6 Å². The Bertz CT molecular complexity index is 1020. The van der Waals surface area contributed by atoms with Gasteiger partial charge in [-0.05, 0) is 60.0 Å². The van der Waals surface area contributed by atoms with Gasteiger partial charge in [-0.15, -0.1) is 5.10 Å². The Balaban J connectivity index is 1.41. The molecule has 0 amide bonds. The van der Waals surface area contributed by atoms with E-state index < -0.39 is 0 Å². The maximum atomic E-state index is 6.29. The summed E-state index contributed by atoms with van der Waals surface area (Å²) in [6.07, 6.45) is 9.96. The van der Waals surface area contributed by atoms with Crippen molar-refractivity contribution < 1.29 is 4.90 Å². The minimum absolute atomic E-state index is 0.0863. The summed E-state index contributed by atoms with van der Waals surface area (Å²) in [6, 6.07) is 10.8. The van der Waals surface area contributed by atoms with E-state index in [-0.39, 0.29) is 6.04 Å². The molecule has 1 saturated heterocycles. The molecule has 1 saturated carbocycles. The van der Waals surface area contributed by atoms with Gasteiger partial charge in [0.05, 0.1) is 32.2 Å². The van der Waals surface area contributed by atoms with Crippen LogP contribution in [0.4, 0.5) is 5.69 Å². The number of halogens is 1. The predicted octanol–water partition coefficient (Wildman–Crippen LogP) is 3.03. The van der Waals surface area contributed by atoms with Gasteiger partial charge in [-0.1, -0.05) is 36.9 Å². The van der Waals surface area contributed by atoms with E-state index in [0.29, 0.717) is 6.04 Å². The van der Waals surface area contributed by atoms with E-state index in [1.165, 1.54) is 41.0 Å². The number of benzene rings is 1. The number of hydrogen-bond acceptors (Lipinski definition) is 5. The van der Waals surface area contributed by atoms with Crippen LogP contribution in [0, 0.1) is 6.92 Å². The molecule has 0 radical (unpaired) electrons. The van der Waals surface area contributed by atoms with Crippen molar-refractivity contribution in [2.45, 2.75) is 51.1 Å². The fraction of sp³-hybridized carbons (Fsp3) is 0.500. The van der Waals surface area contributed by atoms with Gasteiger partial charge in [0.1, 0.15) is 0 Å². The Labute approximate surface area is 194 Å². The molecule has 3 heterocycles. The van der Waals surface area contributed by atoms with Crippen LogP contribution >= 0.6 is 11.6 Å². The van der Waals surface area contributed by atoms with Gasteiger partial charge >= 0.3 is 0 Å². The molecule has 0 bridgehead atoms. The highest BCUT2D eigenvalue weighted by molar-refractivity contribution is 6.30. The standard InChI is InChI=1S/C24H30ClN7/c1-18-9-10-20(25)16-22(18)30-12-14-31(15-13-30)23(19-6-5-11-26-17-19)24-27-28-29-32(24)21-7-3-2-4-8-21/h5-6,9-11,16-17,21,23H,2-4,7-8,12-15H2,1H3/p+1/t23-/m0/s1. The van der Waals surface area contributed by atoms with E-state index in [1.54, 1.807) is 0 Å². The summed E-state index contributed by atoms with van der Waals surface area (Å²) < 4.78 is 2.12. The van der Waals surface area contributed by atoms with Gasteiger partial charge in [-0.25, -0.2) is 4.68 Å². The molecule has 2 aliphatic rings. The van der Waals surface area contributed by atoms with Crippen LogP contribution in [0.1, 0.15) is 61.1 Å². The third-order valence-corrected chi connectivity index (χ3v) is 7.28. The van der Waals surface area contributed by atoms with E-state index in [9.17, 15) is 0 Å². The second kappa shape index (κ2) is 9.55. The molecule has 7 nitrogen and oxygen atoms in total. The van der Waals surface area contributed by atoms with Gasteiger partial charge < -0.3 is 9.80 Å². The molecular formula is C24H31ClN7+. The van der Waals surface area contributed by atoms with Gasteiger partial charge in [0.25, 0.3) is 0 Å². The van der Waals surface area contributed by atoms with Crippen molar-refractivity contribution in [1.82, 2.24) is 25.2 Å². The molecule has 0 unspecified atom stereocenters. The van der Waals surface area contributed by atoms with E-state index in [0.717, 1.165) is 49.9 Å². The lowest BCUT2D eigenvalue weighted by atomic mass is 9.95. The van der Waals surface area contributed by atoms with Gasteiger partial charge in [-0.2, -0.15) is 0 Å². The van der Waals surface area contributed by atoms with Crippen molar-refractivity contribution in [2.75, 3.05) is 31.1 Å². The monoisotopic (exact) mass is 452 g/mol. The average molecular weight is 453 g/mol. The second-order valence-corrected chi connectivity index (χ2v) is 9.51. The number of rotatable bonds is 5. The molecule has 1 aliphatic heterocycles. The fourth-order valence-electron chi connectivity index (χ4n) is 5.34. The van der Waals surface area contributed by atoms with Crippen LogP contribution in [0.3, 0.4) is 0 Å². The van der Waals surface area contributed by atoms with Crippen LogP contribution in [0.5, 0.6) is 0 Å². The molecular weight excluding hydrogens is 422 g/mol. The van der Waals surface area contributed by atoms with Crippen LogP contribution < -0.4 is 9.80 Å². The van der Waals surface area contributed by atoms with Crippen molar-refractivity contribution in [2.24, 2.45) is 0 Å². The first kappa shape index (κ1) is 21.3. The highest BCUT2D eigenvalue weighted by Crippen LogP contribution is 2.30. The van der Waals surface area contributed by atoms with Crippen molar-refractivity contribution in [3.63, 3.8) is 0 Å². The Kier molecular flexibility index (Phi) is 6.37. The number of nitrogens with one attached hydrogen (secondary N) is 1. The van der Waals surface area contributed by atoms with Crippen molar-refractivity contribution in [3.05, 3.63) is 64.7 Å². The number of pyridine rings is 1. The maximum Gasteiger partial charge on any atom is 0.214 e. The van der Waals surface area contributed by atoms with Crippen LogP contribution in [0.2, 0.25) is 5.02 Å². The molecule has 32 heavy (non-hydrogen) atoms. The van der Waals surface area contributed by atoms with Crippen LogP contribution in [0.15, 0.2) is 42.7 Å². The molecule has 2 aromatic heterocycles. The molecule has 1 N–H and O–H groups in total. The Morgan fingerprint density at radius 3 is 2.66 bits per heavy atom. The third kappa shape index (κ3) is 4.36. The number of nitrogens with zero attached hydrogens (tertiary/aromatic N) is 6. The van der Waals surface area contributed by atoms with Gasteiger partial charge in [0.15, 0.2) is 6.04 Å². The molecule has 1 aromatic carbocycles. The summed E-state index contributed by atoms with van der Waals surface area (Å²) in [6.45, 7) is 6.10. The largest absolute Gasteiger partial charge is 0.360 e. The first-order valence-corrected chi connectivity index (χ1v) is 12.1. The van der Waals surface area contributed by atoms with Gasteiger partial charge in [0.2, 0.25) is 5.82 Å².